The summed E-state index contributed by atoms with van der Waals surface area (Å²) in [4.78, 5) is 0. The average molecular weight is 1640 g/mol. The molecule has 24 heteroatoms. The first-order valence-electron chi connectivity index (χ1n) is 42.1. The zero-order valence-electron chi connectivity index (χ0n) is 67.7. The van der Waals surface area contributed by atoms with Gasteiger partial charge in [0.25, 0.3) is 0 Å². The molecule has 120 heavy (non-hydrogen) atoms. The second-order valence-corrected chi connectivity index (χ2v) is 30.7. The normalized spacial score (nSPS) is 20.1. The van der Waals surface area contributed by atoms with Gasteiger partial charge in [0.2, 0.25) is 0 Å². The van der Waals surface area contributed by atoms with Crippen LogP contribution in [0.5, 0.6) is 46.0 Å². The second kappa shape index (κ2) is 42.5. The maximum atomic E-state index is 7.04. The summed E-state index contributed by atoms with van der Waals surface area (Å²) in [6.45, 7) is 15.5. The maximum Gasteiger partial charge on any atom is 0.123 e. The summed E-state index contributed by atoms with van der Waals surface area (Å²) in [6.07, 6.45) is 0.966. The molecule has 0 amide bonds. The lowest BCUT2D eigenvalue weighted by Gasteiger charge is -2.28. The van der Waals surface area contributed by atoms with Crippen LogP contribution in [0.2, 0.25) is 0 Å². The van der Waals surface area contributed by atoms with Crippen LogP contribution in [0.1, 0.15) is 45.2 Å². The van der Waals surface area contributed by atoms with E-state index in [0.29, 0.717) is 188 Å². The Bertz CT molecular complexity index is 4310. The lowest BCUT2D eigenvalue weighted by atomic mass is 9.79. The summed E-state index contributed by atoms with van der Waals surface area (Å²) in [5.74, 6) is 4.41. The van der Waals surface area contributed by atoms with Gasteiger partial charge in [0.05, 0.1) is 159 Å². The van der Waals surface area contributed by atoms with Gasteiger partial charge in [-0.05, 0) is 153 Å². The van der Waals surface area contributed by atoms with Crippen molar-refractivity contribution in [3.63, 3.8) is 0 Å². The van der Waals surface area contributed by atoms with Gasteiger partial charge in [0, 0.05) is 34.1 Å². The molecule has 0 aliphatic carbocycles. The molecule has 8 atom stereocenters. The standard InChI is InChI=1S/C96H106O24/c1-3-70(96(89-47-73(15-27-93(89)112-41-34-102-54-85-63-119-85)67-9-21-77(22-10-67)107-38-31-99-51-82-60-116-82)90-48-74(16-28-94(90)113-42-35-103-55-86-64-120-86)68-11-23-78(24-12-68)108-43-44-109-79-56-104-57-79)4-2-69(1)95(87-45-71(13-25-91(87)110-39-32-100-52-83-61-117-83)65-5-17-75(18-6-65)105-36-29-97-49-80-58-114-80)88-46-72(14-26-92(88)111-40-33-101-53-84-62-118-84)66-7-19-76(20-8-66)106-37-30-98-50-81-59-115-81/h1-28,45-48,79-86,95-96H,29-44,49-64H2. The average Bonchev–Trinajstić information content (AvgIpc) is 1.29. The van der Waals surface area contributed by atoms with E-state index in [1.165, 1.54) is 0 Å². The smallest absolute Gasteiger partial charge is 0.123 e. The van der Waals surface area contributed by atoms with E-state index in [1.54, 1.807) is 0 Å². The van der Waals surface area contributed by atoms with Gasteiger partial charge < -0.3 is 114 Å². The monoisotopic (exact) mass is 1640 g/mol. The van der Waals surface area contributed by atoms with Crippen molar-refractivity contribution in [3.05, 3.63) is 228 Å². The molecule has 24 nitrogen and oxygen atoms in total. The molecular weight excluding hydrogens is 1540 g/mol. The van der Waals surface area contributed by atoms with Crippen molar-refractivity contribution in [1.82, 2.24) is 0 Å². The molecule has 0 spiro atoms. The number of hydrogen-bond donors (Lipinski definition) is 0. The van der Waals surface area contributed by atoms with Crippen LogP contribution in [-0.4, -0.2) is 260 Å². The van der Waals surface area contributed by atoms with Crippen LogP contribution in [-0.2, 0) is 75.8 Å². The Morgan fingerprint density at radius 2 is 0.425 bits per heavy atom. The zero-order chi connectivity index (χ0) is 80.7. The Morgan fingerprint density at radius 1 is 0.217 bits per heavy atom. The minimum atomic E-state index is -0.573. The van der Waals surface area contributed by atoms with E-state index in [1.807, 2.05) is 48.5 Å². The molecule has 8 unspecified atom stereocenters. The maximum absolute atomic E-state index is 7.04. The molecule has 8 saturated heterocycles. The Hall–Kier alpha value is -9.26. The van der Waals surface area contributed by atoms with Crippen LogP contribution < -0.4 is 37.9 Å². The van der Waals surface area contributed by atoms with Crippen molar-refractivity contribution in [1.29, 1.82) is 0 Å². The van der Waals surface area contributed by atoms with E-state index in [9.17, 15) is 0 Å². The Labute approximate surface area is 700 Å². The van der Waals surface area contributed by atoms with E-state index < -0.39 is 11.8 Å². The van der Waals surface area contributed by atoms with E-state index in [2.05, 4.69) is 146 Å². The quantitative estimate of drug-likeness (QED) is 0.0195. The first kappa shape index (κ1) is 83.0. The molecule has 0 aromatic heterocycles. The number of ether oxygens (including phenoxy) is 24. The largest absolute Gasteiger partial charge is 0.491 e. The van der Waals surface area contributed by atoms with Gasteiger partial charge in [0.1, 0.15) is 148 Å². The molecule has 8 aliphatic rings. The van der Waals surface area contributed by atoms with E-state index in [-0.39, 0.29) is 75.3 Å². The van der Waals surface area contributed by atoms with Gasteiger partial charge >= 0.3 is 0 Å². The van der Waals surface area contributed by atoms with Crippen molar-refractivity contribution >= 4 is 0 Å². The summed E-state index contributed by atoms with van der Waals surface area (Å²) in [6, 6.07) is 67.4. The highest BCUT2D eigenvalue weighted by Gasteiger charge is 2.33. The first-order valence-corrected chi connectivity index (χ1v) is 42.1. The third kappa shape index (κ3) is 25.4. The molecule has 634 valence electrons. The van der Waals surface area contributed by atoms with Gasteiger partial charge in [-0.2, -0.15) is 0 Å². The van der Waals surface area contributed by atoms with Crippen molar-refractivity contribution in [3.8, 4) is 90.5 Å². The van der Waals surface area contributed by atoms with Crippen molar-refractivity contribution in [2.45, 2.75) is 60.7 Å². The van der Waals surface area contributed by atoms with Gasteiger partial charge in [-0.3, -0.25) is 0 Å². The van der Waals surface area contributed by atoms with Crippen LogP contribution in [0.3, 0.4) is 0 Å². The van der Waals surface area contributed by atoms with Crippen molar-refractivity contribution in [2.24, 2.45) is 0 Å². The molecule has 0 radical (unpaired) electrons. The highest BCUT2D eigenvalue weighted by atomic mass is 16.6. The summed E-state index contributed by atoms with van der Waals surface area (Å²) in [7, 11) is 0. The molecule has 17 rings (SSSR count). The minimum Gasteiger partial charge on any atom is -0.491 e. The minimum absolute atomic E-state index is 0.0858. The SMILES string of the molecule is c1cc(-c2ccc(OCCOCC3CO3)c(C(c3ccc(C(c4cc(-c5ccc(OCCOCC6CO6)cc5)ccc4OCCOCC4CO4)c4cc(-c5ccc(OCCOC6COC6)cc5)ccc4OCCOCC4CO4)cc3)c3cc(-c4ccc(OCCOCC5CO5)cc4)ccc3OCCOCC3CO3)c2)ccc1OCCOCC1CO1. The number of rotatable bonds is 57. The van der Waals surface area contributed by atoms with Crippen LogP contribution in [0.15, 0.2) is 194 Å². The van der Waals surface area contributed by atoms with Gasteiger partial charge in [-0.15, -0.1) is 0 Å². The molecule has 9 aromatic rings. The number of hydrogen-bond acceptors (Lipinski definition) is 24. The van der Waals surface area contributed by atoms with Gasteiger partial charge in [-0.25, -0.2) is 0 Å². The third-order valence-corrected chi connectivity index (χ3v) is 21.3. The highest BCUT2D eigenvalue weighted by molar-refractivity contribution is 5.74. The van der Waals surface area contributed by atoms with Crippen LogP contribution in [0.25, 0.3) is 44.5 Å². The summed E-state index contributed by atoms with van der Waals surface area (Å²) in [5, 5.41) is 0. The summed E-state index contributed by atoms with van der Waals surface area (Å²) in [5.41, 5.74) is 13.1. The molecule has 0 bridgehead atoms. The lowest BCUT2D eigenvalue weighted by molar-refractivity contribution is -0.132. The fourth-order valence-electron chi connectivity index (χ4n) is 14.1. The predicted octanol–water partition coefficient (Wildman–Crippen LogP) is 13.1. The predicted molar refractivity (Wildman–Crippen MR) is 444 cm³/mol. The van der Waals surface area contributed by atoms with Crippen molar-refractivity contribution in [2.75, 3.05) is 211 Å². The molecule has 0 saturated carbocycles. The van der Waals surface area contributed by atoms with E-state index in [4.69, 9.17) is 114 Å². The molecule has 8 aliphatic heterocycles. The second-order valence-electron chi connectivity index (χ2n) is 30.7. The Balaban J connectivity index is 0.787. The van der Waals surface area contributed by atoms with Crippen LogP contribution in [0.4, 0.5) is 0 Å². The summed E-state index contributed by atoms with van der Waals surface area (Å²) >= 11 is 0. The van der Waals surface area contributed by atoms with E-state index in [0.717, 1.165) is 121 Å². The molecule has 9 aromatic carbocycles. The van der Waals surface area contributed by atoms with E-state index >= 15 is 0 Å². The van der Waals surface area contributed by atoms with Crippen LogP contribution >= 0.6 is 0 Å². The third-order valence-electron chi connectivity index (χ3n) is 21.3. The molecule has 8 heterocycles. The lowest BCUT2D eigenvalue weighted by Crippen LogP contribution is -2.37. The van der Waals surface area contributed by atoms with Crippen LogP contribution in [0, 0.1) is 0 Å². The topological polar surface area (TPSA) is 245 Å². The number of epoxide rings is 7. The first-order chi connectivity index (χ1) is 59.4. The molecular formula is C96H106O24. The zero-order valence-corrected chi connectivity index (χ0v) is 67.7. The highest BCUT2D eigenvalue weighted by Crippen LogP contribution is 2.49. The Morgan fingerprint density at radius 3 is 0.633 bits per heavy atom. The number of benzene rings is 9. The fourth-order valence-corrected chi connectivity index (χ4v) is 14.1. The fraction of sp³-hybridized carbons (Fsp3) is 0.438. The van der Waals surface area contributed by atoms with Gasteiger partial charge in [-0.1, -0.05) is 97.1 Å². The van der Waals surface area contributed by atoms with Crippen molar-refractivity contribution < 1.29 is 114 Å². The van der Waals surface area contributed by atoms with Gasteiger partial charge in [0.15, 0.2) is 0 Å². The molecule has 8 fully saturated rings. The molecule has 0 N–H and O–H groups in total. The summed E-state index contributed by atoms with van der Waals surface area (Å²) < 4.78 is 145. The Kier molecular flexibility index (Phi) is 29.4.